The number of hydrogen-bond donors (Lipinski definition) is 1. The Morgan fingerprint density at radius 1 is 1.53 bits per heavy atom. The first-order chi connectivity index (χ1) is 9.28. The summed E-state index contributed by atoms with van der Waals surface area (Å²) in [6.07, 6.45) is -0.549. The third-order valence-corrected chi connectivity index (χ3v) is 3.21. The predicted octanol–water partition coefficient (Wildman–Crippen LogP) is 0.941. The molecule has 2 aromatic rings. The van der Waals surface area contributed by atoms with Crippen molar-refractivity contribution in [2.45, 2.75) is 6.10 Å². The van der Waals surface area contributed by atoms with Crippen molar-refractivity contribution in [3.63, 3.8) is 0 Å². The Morgan fingerprint density at radius 2 is 2.37 bits per heavy atom. The minimum Gasteiger partial charge on any atom is -0.467 e. The van der Waals surface area contributed by atoms with Crippen molar-refractivity contribution < 1.29 is 14.3 Å². The van der Waals surface area contributed by atoms with Crippen molar-refractivity contribution in [3.8, 4) is 0 Å². The second kappa shape index (κ2) is 4.89. The van der Waals surface area contributed by atoms with E-state index in [1.807, 2.05) is 29.2 Å². The van der Waals surface area contributed by atoms with Gasteiger partial charge in [-0.3, -0.25) is 0 Å². The van der Waals surface area contributed by atoms with Crippen LogP contribution in [0.5, 0.6) is 0 Å². The summed E-state index contributed by atoms with van der Waals surface area (Å²) in [5.41, 5.74) is 1.90. The maximum Gasteiger partial charge on any atom is 0.336 e. The summed E-state index contributed by atoms with van der Waals surface area (Å²) < 4.78 is 10.1. The molecule has 3 rings (SSSR count). The third kappa shape index (κ3) is 2.26. The van der Waals surface area contributed by atoms with Gasteiger partial charge in [0.2, 0.25) is 5.95 Å². The number of imidazole rings is 1. The highest BCUT2D eigenvalue weighted by atomic mass is 16.6. The molecule has 1 aromatic heterocycles. The fourth-order valence-electron chi connectivity index (χ4n) is 2.20. The van der Waals surface area contributed by atoms with Gasteiger partial charge in [-0.15, -0.1) is 0 Å². The number of aromatic nitrogens is 2. The quantitative estimate of drug-likeness (QED) is 0.815. The molecule has 2 heterocycles. The summed E-state index contributed by atoms with van der Waals surface area (Å²) in [6.45, 7) is 1.64. The van der Waals surface area contributed by atoms with Crippen LogP contribution < -0.4 is 4.90 Å². The summed E-state index contributed by atoms with van der Waals surface area (Å²) in [5, 5.41) is 0. The number of nitrogens with zero attached hydrogens (tertiary/aromatic N) is 2. The molecule has 19 heavy (non-hydrogen) atoms. The van der Waals surface area contributed by atoms with E-state index < -0.39 is 6.10 Å². The summed E-state index contributed by atoms with van der Waals surface area (Å²) in [6, 6.07) is 7.84. The number of benzene rings is 1. The van der Waals surface area contributed by atoms with Gasteiger partial charge < -0.3 is 19.4 Å². The Bertz CT molecular complexity index is 563. The van der Waals surface area contributed by atoms with Crippen LogP contribution >= 0.6 is 0 Å². The van der Waals surface area contributed by atoms with Gasteiger partial charge in [0.15, 0.2) is 6.10 Å². The van der Waals surface area contributed by atoms with E-state index in [1.165, 1.54) is 7.11 Å². The summed E-state index contributed by atoms with van der Waals surface area (Å²) >= 11 is 0. The number of para-hydroxylation sites is 2. The molecule has 1 fully saturated rings. The molecule has 100 valence electrons. The number of aromatic amines is 1. The predicted molar refractivity (Wildman–Crippen MR) is 70.1 cm³/mol. The monoisotopic (exact) mass is 261 g/mol. The van der Waals surface area contributed by atoms with Crippen LogP contribution in [0.2, 0.25) is 0 Å². The molecule has 1 aliphatic heterocycles. The average Bonchev–Trinajstić information content (AvgIpc) is 2.90. The Morgan fingerprint density at radius 3 is 3.16 bits per heavy atom. The highest BCUT2D eigenvalue weighted by Crippen LogP contribution is 2.19. The van der Waals surface area contributed by atoms with Gasteiger partial charge in [0.05, 0.1) is 31.3 Å². The molecule has 6 nitrogen and oxygen atoms in total. The van der Waals surface area contributed by atoms with E-state index in [-0.39, 0.29) is 5.97 Å². The zero-order chi connectivity index (χ0) is 13.2. The van der Waals surface area contributed by atoms with E-state index in [4.69, 9.17) is 9.47 Å². The maximum absolute atomic E-state index is 11.5. The van der Waals surface area contributed by atoms with Crippen molar-refractivity contribution in [1.29, 1.82) is 0 Å². The first-order valence-electron chi connectivity index (χ1n) is 6.17. The Kier molecular flexibility index (Phi) is 3.08. The summed E-state index contributed by atoms with van der Waals surface area (Å²) in [5.74, 6) is 0.416. The van der Waals surface area contributed by atoms with Crippen molar-refractivity contribution >= 4 is 23.0 Å². The van der Waals surface area contributed by atoms with Gasteiger partial charge in [-0.05, 0) is 12.1 Å². The number of anilines is 1. The molecule has 1 saturated heterocycles. The number of ether oxygens (including phenoxy) is 2. The lowest BCUT2D eigenvalue weighted by atomic mass is 10.3. The van der Waals surface area contributed by atoms with Crippen molar-refractivity contribution in [2.75, 3.05) is 31.7 Å². The van der Waals surface area contributed by atoms with Gasteiger partial charge in [0.25, 0.3) is 0 Å². The number of rotatable bonds is 2. The highest BCUT2D eigenvalue weighted by molar-refractivity contribution is 5.78. The van der Waals surface area contributed by atoms with Crippen LogP contribution in [0.3, 0.4) is 0 Å². The average molecular weight is 261 g/mol. The molecule has 1 N–H and O–H groups in total. The number of nitrogens with one attached hydrogen (secondary N) is 1. The largest absolute Gasteiger partial charge is 0.467 e. The van der Waals surface area contributed by atoms with Crippen molar-refractivity contribution in [2.24, 2.45) is 0 Å². The van der Waals surface area contributed by atoms with E-state index in [0.29, 0.717) is 19.7 Å². The van der Waals surface area contributed by atoms with Crippen LogP contribution in [-0.4, -0.2) is 48.8 Å². The number of carbonyl (C=O) groups excluding carboxylic acids is 1. The number of morpholine rings is 1. The Labute approximate surface area is 110 Å². The van der Waals surface area contributed by atoms with Gasteiger partial charge >= 0.3 is 5.97 Å². The molecule has 0 aliphatic carbocycles. The van der Waals surface area contributed by atoms with Crippen molar-refractivity contribution in [3.05, 3.63) is 24.3 Å². The zero-order valence-electron chi connectivity index (χ0n) is 10.6. The third-order valence-electron chi connectivity index (χ3n) is 3.21. The molecular weight excluding hydrogens is 246 g/mol. The van der Waals surface area contributed by atoms with Gasteiger partial charge in [-0.1, -0.05) is 12.1 Å². The van der Waals surface area contributed by atoms with Crippen LogP contribution in [-0.2, 0) is 14.3 Å². The molecule has 1 atom stereocenters. The zero-order valence-corrected chi connectivity index (χ0v) is 10.6. The van der Waals surface area contributed by atoms with E-state index in [2.05, 4.69) is 9.97 Å². The molecule has 1 aliphatic rings. The first-order valence-corrected chi connectivity index (χ1v) is 6.17. The molecule has 0 amide bonds. The van der Waals surface area contributed by atoms with Gasteiger partial charge in [0.1, 0.15) is 0 Å². The fraction of sp³-hybridized carbons (Fsp3) is 0.385. The molecule has 1 aromatic carbocycles. The van der Waals surface area contributed by atoms with E-state index in [9.17, 15) is 4.79 Å². The minimum atomic E-state index is -0.549. The van der Waals surface area contributed by atoms with E-state index in [1.54, 1.807) is 0 Å². The smallest absolute Gasteiger partial charge is 0.336 e. The Hall–Kier alpha value is -2.08. The summed E-state index contributed by atoms with van der Waals surface area (Å²) in [7, 11) is 1.37. The fourth-order valence-corrected chi connectivity index (χ4v) is 2.20. The topological polar surface area (TPSA) is 67.5 Å². The molecule has 0 saturated carbocycles. The molecule has 0 spiro atoms. The van der Waals surface area contributed by atoms with Crippen LogP contribution in [0.4, 0.5) is 5.95 Å². The second-order valence-electron chi connectivity index (χ2n) is 4.41. The van der Waals surface area contributed by atoms with E-state index >= 15 is 0 Å². The molecular formula is C13H15N3O3. The van der Waals surface area contributed by atoms with Gasteiger partial charge in [-0.2, -0.15) is 0 Å². The lowest BCUT2D eigenvalue weighted by molar-refractivity contribution is -0.154. The number of esters is 1. The van der Waals surface area contributed by atoms with Crippen LogP contribution in [0.15, 0.2) is 24.3 Å². The van der Waals surface area contributed by atoms with Crippen molar-refractivity contribution in [1.82, 2.24) is 9.97 Å². The standard InChI is InChI=1S/C13H15N3O3/c1-18-12(17)11-8-16(6-7-19-11)13-14-9-4-2-3-5-10(9)15-13/h2-5,11H,6-8H2,1H3,(H,14,15). The maximum atomic E-state index is 11.5. The van der Waals surface area contributed by atoms with E-state index in [0.717, 1.165) is 17.0 Å². The number of hydrogen-bond acceptors (Lipinski definition) is 5. The number of methoxy groups -OCH3 is 1. The summed E-state index contributed by atoms with van der Waals surface area (Å²) in [4.78, 5) is 21.3. The first kappa shape index (κ1) is 12.0. The molecule has 6 heteroatoms. The van der Waals surface area contributed by atoms with Crippen LogP contribution in [0, 0.1) is 0 Å². The van der Waals surface area contributed by atoms with Crippen LogP contribution in [0.1, 0.15) is 0 Å². The molecule has 1 unspecified atom stereocenters. The number of H-pyrrole nitrogens is 1. The second-order valence-corrected chi connectivity index (χ2v) is 4.41. The lowest BCUT2D eigenvalue weighted by Crippen LogP contribution is -2.47. The number of fused-ring (bicyclic) bond motifs is 1. The number of carbonyl (C=O) groups is 1. The molecule has 0 bridgehead atoms. The van der Waals surface area contributed by atoms with Gasteiger partial charge in [0, 0.05) is 6.54 Å². The minimum absolute atomic E-state index is 0.346. The normalized spacial score (nSPS) is 19.6. The molecule has 0 radical (unpaired) electrons. The Balaban J connectivity index is 1.83. The van der Waals surface area contributed by atoms with Crippen LogP contribution in [0.25, 0.3) is 11.0 Å². The lowest BCUT2D eigenvalue weighted by Gasteiger charge is -2.31. The van der Waals surface area contributed by atoms with Gasteiger partial charge in [-0.25, -0.2) is 9.78 Å². The highest BCUT2D eigenvalue weighted by Gasteiger charge is 2.28. The SMILES string of the molecule is COC(=O)C1CN(c2nc3ccccc3[nH]2)CCO1.